The summed E-state index contributed by atoms with van der Waals surface area (Å²) in [5.74, 6) is -0.851. The van der Waals surface area contributed by atoms with Gasteiger partial charge in [0.2, 0.25) is 5.78 Å². The van der Waals surface area contributed by atoms with Crippen molar-refractivity contribution in [2.75, 3.05) is 6.61 Å². The molecule has 0 spiro atoms. The minimum absolute atomic E-state index is 0.255. The van der Waals surface area contributed by atoms with Gasteiger partial charge in [-0.25, -0.2) is 4.79 Å². The van der Waals surface area contributed by atoms with Crippen LogP contribution in [0.2, 0.25) is 0 Å². The molecule has 3 rings (SSSR count). The van der Waals surface area contributed by atoms with Gasteiger partial charge in [-0.2, -0.15) is 5.26 Å². The highest BCUT2D eigenvalue weighted by Crippen LogP contribution is 2.22. The zero-order chi connectivity index (χ0) is 19.2. The Kier molecular flexibility index (Phi) is 5.48. The van der Waals surface area contributed by atoms with E-state index in [4.69, 9.17) is 10.00 Å². The van der Waals surface area contributed by atoms with Crippen molar-refractivity contribution in [3.63, 3.8) is 0 Å². The van der Waals surface area contributed by atoms with E-state index in [0.29, 0.717) is 11.1 Å². The van der Waals surface area contributed by atoms with Crippen molar-refractivity contribution in [1.82, 2.24) is 4.98 Å². The molecule has 0 fully saturated rings. The SMILES string of the molecule is CCc1cccc2c(C(=O)COC(=O)/C=C/c3ccc(C#N)cc3)c[nH]c12. The number of nitrogens with zero attached hydrogens (tertiary/aromatic N) is 1. The summed E-state index contributed by atoms with van der Waals surface area (Å²) in [6.07, 6.45) is 5.36. The molecule has 5 nitrogen and oxygen atoms in total. The van der Waals surface area contributed by atoms with Crippen LogP contribution < -0.4 is 0 Å². The lowest BCUT2D eigenvalue weighted by atomic mass is 10.1. The van der Waals surface area contributed by atoms with Crippen LogP contribution in [0.25, 0.3) is 17.0 Å². The third-order valence-electron chi connectivity index (χ3n) is 4.28. The van der Waals surface area contributed by atoms with E-state index >= 15 is 0 Å². The van der Waals surface area contributed by atoms with Crippen molar-refractivity contribution >= 4 is 28.7 Å². The number of H-pyrrole nitrogens is 1. The fourth-order valence-electron chi connectivity index (χ4n) is 2.84. The maximum Gasteiger partial charge on any atom is 0.331 e. The second-order valence-corrected chi connectivity index (χ2v) is 5.99. The number of aromatic amines is 1. The van der Waals surface area contributed by atoms with Crippen LogP contribution in [0.1, 0.15) is 34.0 Å². The number of esters is 1. The number of rotatable bonds is 6. The van der Waals surface area contributed by atoms with Crippen LogP contribution in [0.3, 0.4) is 0 Å². The van der Waals surface area contributed by atoms with Gasteiger partial charge in [-0.1, -0.05) is 37.3 Å². The molecule has 1 heterocycles. The lowest BCUT2D eigenvalue weighted by Crippen LogP contribution is -2.12. The molecular formula is C22H18N2O3. The Morgan fingerprint density at radius 1 is 1.19 bits per heavy atom. The molecule has 0 unspecified atom stereocenters. The lowest BCUT2D eigenvalue weighted by molar-refractivity contribution is -0.136. The average molecular weight is 358 g/mol. The van der Waals surface area contributed by atoms with Crippen molar-refractivity contribution in [2.24, 2.45) is 0 Å². The molecule has 1 aromatic heterocycles. The van der Waals surface area contributed by atoms with E-state index < -0.39 is 5.97 Å². The predicted molar refractivity (Wildman–Crippen MR) is 103 cm³/mol. The van der Waals surface area contributed by atoms with Crippen molar-refractivity contribution < 1.29 is 14.3 Å². The fourth-order valence-corrected chi connectivity index (χ4v) is 2.84. The van der Waals surface area contributed by atoms with Gasteiger partial charge in [-0.3, -0.25) is 4.79 Å². The van der Waals surface area contributed by atoms with E-state index in [0.717, 1.165) is 28.5 Å². The molecule has 0 atom stereocenters. The number of aromatic nitrogens is 1. The van der Waals surface area contributed by atoms with Crippen molar-refractivity contribution in [2.45, 2.75) is 13.3 Å². The van der Waals surface area contributed by atoms with Crippen molar-refractivity contribution in [1.29, 1.82) is 5.26 Å². The quantitative estimate of drug-likeness (QED) is 0.409. The molecule has 3 aromatic rings. The molecule has 27 heavy (non-hydrogen) atoms. The first-order valence-corrected chi connectivity index (χ1v) is 8.59. The average Bonchev–Trinajstić information content (AvgIpc) is 3.15. The summed E-state index contributed by atoms with van der Waals surface area (Å²) in [5, 5.41) is 9.60. The molecule has 0 bridgehead atoms. The summed E-state index contributed by atoms with van der Waals surface area (Å²) >= 11 is 0. The zero-order valence-corrected chi connectivity index (χ0v) is 14.9. The van der Waals surface area contributed by atoms with Crippen LogP contribution >= 0.6 is 0 Å². The van der Waals surface area contributed by atoms with Crippen LogP contribution in [0.15, 0.2) is 54.7 Å². The van der Waals surface area contributed by atoms with Gasteiger partial charge in [0.05, 0.1) is 11.6 Å². The molecule has 1 N–H and O–H groups in total. The van der Waals surface area contributed by atoms with E-state index in [1.165, 1.54) is 6.08 Å². The number of carbonyl (C=O) groups excluding carboxylic acids is 2. The van der Waals surface area contributed by atoms with E-state index in [1.807, 2.05) is 24.3 Å². The summed E-state index contributed by atoms with van der Waals surface area (Å²) in [5.41, 5.74) is 3.90. The Morgan fingerprint density at radius 2 is 1.96 bits per heavy atom. The van der Waals surface area contributed by atoms with Crippen LogP contribution in [0.4, 0.5) is 0 Å². The van der Waals surface area contributed by atoms with E-state index in [1.54, 1.807) is 36.5 Å². The molecule has 0 aliphatic rings. The number of nitrogens with one attached hydrogen (secondary N) is 1. The Labute approximate surface area is 156 Å². The van der Waals surface area contributed by atoms with Crippen LogP contribution in [-0.2, 0) is 16.0 Å². The molecule has 0 amide bonds. The summed E-state index contributed by atoms with van der Waals surface area (Å²) < 4.78 is 5.06. The summed E-state index contributed by atoms with van der Waals surface area (Å²) in [4.78, 5) is 27.4. The Balaban J connectivity index is 1.62. The van der Waals surface area contributed by atoms with Gasteiger partial charge in [0.15, 0.2) is 6.61 Å². The predicted octanol–water partition coefficient (Wildman–Crippen LogP) is 4.04. The zero-order valence-electron chi connectivity index (χ0n) is 14.9. The van der Waals surface area contributed by atoms with Gasteiger partial charge in [0.25, 0.3) is 0 Å². The Bertz CT molecular complexity index is 1050. The molecule has 0 saturated heterocycles. The van der Waals surface area contributed by atoms with Gasteiger partial charge in [0.1, 0.15) is 0 Å². The maximum absolute atomic E-state index is 12.4. The summed E-state index contributed by atoms with van der Waals surface area (Å²) in [6.45, 7) is 1.74. The minimum atomic E-state index is -0.596. The molecule has 0 saturated carbocycles. The number of benzene rings is 2. The Hall–Kier alpha value is -3.65. The first-order valence-electron chi connectivity index (χ1n) is 8.59. The number of fused-ring (bicyclic) bond motifs is 1. The number of hydrogen-bond acceptors (Lipinski definition) is 4. The van der Waals surface area contributed by atoms with E-state index in [-0.39, 0.29) is 12.4 Å². The number of Topliss-reactive ketones (excluding diaryl/α,β-unsaturated/α-hetero) is 1. The second-order valence-electron chi connectivity index (χ2n) is 5.99. The van der Waals surface area contributed by atoms with E-state index in [9.17, 15) is 9.59 Å². The van der Waals surface area contributed by atoms with Gasteiger partial charge in [-0.05, 0) is 35.8 Å². The summed E-state index contributed by atoms with van der Waals surface area (Å²) in [7, 11) is 0. The van der Waals surface area contributed by atoms with Gasteiger partial charge < -0.3 is 9.72 Å². The molecule has 2 aromatic carbocycles. The Morgan fingerprint density at radius 3 is 2.67 bits per heavy atom. The van der Waals surface area contributed by atoms with Crippen molar-refractivity contribution in [3.05, 3.63) is 77.0 Å². The van der Waals surface area contributed by atoms with Gasteiger partial charge in [0, 0.05) is 28.7 Å². The number of nitriles is 1. The molecular weight excluding hydrogens is 340 g/mol. The molecule has 5 heteroatoms. The molecule has 134 valence electrons. The summed E-state index contributed by atoms with van der Waals surface area (Å²) in [6, 6.07) is 14.6. The van der Waals surface area contributed by atoms with Crippen LogP contribution in [0.5, 0.6) is 0 Å². The first-order chi connectivity index (χ1) is 13.1. The molecule has 0 radical (unpaired) electrons. The normalized spacial score (nSPS) is 10.8. The smallest absolute Gasteiger partial charge is 0.331 e. The number of ether oxygens (including phenoxy) is 1. The topological polar surface area (TPSA) is 82.9 Å². The van der Waals surface area contributed by atoms with Crippen LogP contribution in [-0.4, -0.2) is 23.3 Å². The number of ketones is 1. The number of aryl methyl sites for hydroxylation is 1. The number of para-hydroxylation sites is 1. The lowest BCUT2D eigenvalue weighted by Gasteiger charge is -2.02. The van der Waals surface area contributed by atoms with Gasteiger partial charge in [-0.15, -0.1) is 0 Å². The fraction of sp³-hybridized carbons (Fsp3) is 0.136. The standard InChI is InChI=1S/C22H18N2O3/c1-2-17-4-3-5-18-19(13-24-22(17)18)20(25)14-27-21(26)11-10-15-6-8-16(12-23)9-7-15/h3-11,13,24H,2,14H2,1H3/b11-10+. The minimum Gasteiger partial charge on any atom is -0.454 e. The van der Waals surface area contributed by atoms with E-state index in [2.05, 4.69) is 11.9 Å². The number of carbonyl (C=O) groups is 2. The van der Waals surface area contributed by atoms with Crippen LogP contribution in [0, 0.1) is 11.3 Å². The van der Waals surface area contributed by atoms with Gasteiger partial charge >= 0.3 is 5.97 Å². The third kappa shape index (κ3) is 4.13. The number of hydrogen-bond donors (Lipinski definition) is 1. The molecule has 0 aliphatic carbocycles. The first kappa shape index (κ1) is 18.2. The monoisotopic (exact) mass is 358 g/mol. The largest absolute Gasteiger partial charge is 0.454 e. The molecule has 0 aliphatic heterocycles. The second kappa shape index (κ2) is 8.15. The highest BCUT2D eigenvalue weighted by atomic mass is 16.5. The highest BCUT2D eigenvalue weighted by molar-refractivity contribution is 6.09. The highest BCUT2D eigenvalue weighted by Gasteiger charge is 2.14. The maximum atomic E-state index is 12.4. The third-order valence-corrected chi connectivity index (χ3v) is 4.28. The van der Waals surface area contributed by atoms with Crippen molar-refractivity contribution in [3.8, 4) is 6.07 Å².